The molecule has 4 heteroatoms. The summed E-state index contributed by atoms with van der Waals surface area (Å²) in [5.74, 6) is 1.91. The first kappa shape index (κ1) is 14.4. The normalized spacial score (nSPS) is 17.3. The zero-order valence-electron chi connectivity index (χ0n) is 10.9. The van der Waals surface area contributed by atoms with Crippen molar-refractivity contribution in [3.8, 4) is 6.07 Å². The van der Waals surface area contributed by atoms with Crippen LogP contribution in [0.2, 0.25) is 0 Å². The highest BCUT2D eigenvalue weighted by Gasteiger charge is 2.44. The first-order valence-corrected chi connectivity index (χ1v) is 7.14. The van der Waals surface area contributed by atoms with Crippen molar-refractivity contribution < 1.29 is 9.53 Å². The third-order valence-corrected chi connectivity index (χ3v) is 4.60. The van der Waals surface area contributed by atoms with Gasteiger partial charge in [-0.15, -0.1) is 0 Å². The molecule has 96 valence electrons. The molecular formula is C13H21NO2S. The largest absolute Gasteiger partial charge is 0.469 e. The number of thioether (sulfide) groups is 1. The molecule has 0 aliphatic heterocycles. The number of nitrogens with zero attached hydrogens (tertiary/aromatic N) is 1. The van der Waals surface area contributed by atoms with Gasteiger partial charge in [0.05, 0.1) is 25.0 Å². The third-order valence-electron chi connectivity index (χ3n) is 3.29. The van der Waals surface area contributed by atoms with E-state index < -0.39 is 0 Å². The summed E-state index contributed by atoms with van der Waals surface area (Å²) < 4.78 is 4.71. The van der Waals surface area contributed by atoms with E-state index in [9.17, 15) is 4.79 Å². The SMILES string of the molecule is COC(=O)CC1(CSCCC(C)(C)C#N)CC1. The zero-order valence-corrected chi connectivity index (χ0v) is 11.7. The van der Waals surface area contributed by atoms with Gasteiger partial charge in [0, 0.05) is 0 Å². The minimum absolute atomic E-state index is 0.0968. The predicted molar refractivity (Wildman–Crippen MR) is 69.6 cm³/mol. The fourth-order valence-electron chi connectivity index (χ4n) is 1.60. The number of carbonyl (C=O) groups excluding carboxylic acids is 1. The Labute approximate surface area is 108 Å². The van der Waals surface area contributed by atoms with Crippen LogP contribution in [0.25, 0.3) is 0 Å². The van der Waals surface area contributed by atoms with Gasteiger partial charge in [-0.2, -0.15) is 17.0 Å². The molecule has 0 unspecified atom stereocenters. The van der Waals surface area contributed by atoms with Crippen LogP contribution in [0, 0.1) is 22.2 Å². The van der Waals surface area contributed by atoms with Crippen molar-refractivity contribution >= 4 is 17.7 Å². The molecule has 0 heterocycles. The van der Waals surface area contributed by atoms with E-state index in [-0.39, 0.29) is 16.8 Å². The Kier molecular flexibility index (Phi) is 4.88. The van der Waals surface area contributed by atoms with Gasteiger partial charge in [-0.1, -0.05) is 0 Å². The first-order valence-electron chi connectivity index (χ1n) is 5.99. The van der Waals surface area contributed by atoms with E-state index in [1.165, 1.54) is 7.11 Å². The van der Waals surface area contributed by atoms with Gasteiger partial charge in [0.25, 0.3) is 0 Å². The van der Waals surface area contributed by atoms with Crippen LogP contribution in [0.1, 0.15) is 39.5 Å². The smallest absolute Gasteiger partial charge is 0.306 e. The van der Waals surface area contributed by atoms with Crippen molar-refractivity contribution in [1.82, 2.24) is 0 Å². The minimum atomic E-state index is -0.230. The molecule has 1 fully saturated rings. The molecule has 0 N–H and O–H groups in total. The Balaban J connectivity index is 2.19. The molecule has 1 aliphatic rings. The number of hydrogen-bond donors (Lipinski definition) is 0. The van der Waals surface area contributed by atoms with Gasteiger partial charge in [-0.05, 0) is 50.0 Å². The molecule has 0 aromatic carbocycles. The van der Waals surface area contributed by atoms with Crippen LogP contribution < -0.4 is 0 Å². The van der Waals surface area contributed by atoms with Crippen LogP contribution in [0.3, 0.4) is 0 Å². The quantitative estimate of drug-likeness (QED) is 0.518. The van der Waals surface area contributed by atoms with Gasteiger partial charge >= 0.3 is 5.97 Å². The van der Waals surface area contributed by atoms with Gasteiger partial charge in [0.2, 0.25) is 0 Å². The summed E-state index contributed by atoms with van der Waals surface area (Å²) >= 11 is 1.86. The van der Waals surface area contributed by atoms with Crippen LogP contribution in [-0.2, 0) is 9.53 Å². The van der Waals surface area contributed by atoms with E-state index in [1.807, 2.05) is 25.6 Å². The third kappa shape index (κ3) is 4.99. The standard InChI is InChI=1S/C13H21NO2S/c1-12(2,9-14)6-7-17-10-13(4-5-13)8-11(15)16-3/h4-8,10H2,1-3H3. The fourth-order valence-corrected chi connectivity index (χ4v) is 3.22. The summed E-state index contributed by atoms with van der Waals surface area (Å²) in [5, 5.41) is 8.90. The second kappa shape index (κ2) is 5.77. The summed E-state index contributed by atoms with van der Waals surface area (Å²) in [6, 6.07) is 2.31. The molecule has 0 atom stereocenters. The minimum Gasteiger partial charge on any atom is -0.469 e. The summed E-state index contributed by atoms with van der Waals surface area (Å²) in [5.41, 5.74) is -0.0272. The molecule has 0 radical (unpaired) electrons. The molecular weight excluding hydrogens is 234 g/mol. The van der Waals surface area contributed by atoms with Crippen LogP contribution >= 0.6 is 11.8 Å². The maximum absolute atomic E-state index is 11.2. The van der Waals surface area contributed by atoms with Gasteiger partial charge < -0.3 is 4.74 Å². The van der Waals surface area contributed by atoms with Gasteiger partial charge in [0.1, 0.15) is 0 Å². The van der Waals surface area contributed by atoms with Crippen molar-refractivity contribution in [3.05, 3.63) is 0 Å². The Bertz CT molecular complexity index is 316. The molecule has 0 spiro atoms. The van der Waals surface area contributed by atoms with Crippen LogP contribution in [0.4, 0.5) is 0 Å². The molecule has 1 aliphatic carbocycles. The lowest BCUT2D eigenvalue weighted by atomic mass is 9.93. The molecule has 0 aromatic rings. The maximum Gasteiger partial charge on any atom is 0.306 e. The lowest BCUT2D eigenvalue weighted by molar-refractivity contribution is -0.141. The Morgan fingerprint density at radius 2 is 2.18 bits per heavy atom. The molecule has 0 bridgehead atoms. The van der Waals surface area contributed by atoms with E-state index in [1.54, 1.807) is 0 Å². The van der Waals surface area contributed by atoms with Crippen molar-refractivity contribution in [1.29, 1.82) is 5.26 Å². The van der Waals surface area contributed by atoms with E-state index in [0.717, 1.165) is 30.8 Å². The molecule has 1 rings (SSSR count). The predicted octanol–water partition coefficient (Wildman–Crippen LogP) is 3.00. The van der Waals surface area contributed by atoms with Crippen molar-refractivity contribution in [2.75, 3.05) is 18.6 Å². The van der Waals surface area contributed by atoms with Gasteiger partial charge in [0.15, 0.2) is 0 Å². The van der Waals surface area contributed by atoms with Gasteiger partial charge in [-0.3, -0.25) is 4.79 Å². The molecule has 0 amide bonds. The second-order valence-electron chi connectivity index (χ2n) is 5.55. The second-order valence-corrected chi connectivity index (χ2v) is 6.66. The fraction of sp³-hybridized carbons (Fsp3) is 0.846. The van der Waals surface area contributed by atoms with E-state index in [4.69, 9.17) is 10.00 Å². The Morgan fingerprint density at radius 3 is 2.65 bits per heavy atom. The number of ether oxygens (including phenoxy) is 1. The van der Waals surface area contributed by atoms with Crippen LogP contribution in [0.5, 0.6) is 0 Å². The molecule has 0 saturated heterocycles. The summed E-state index contributed by atoms with van der Waals surface area (Å²) in [4.78, 5) is 11.2. The van der Waals surface area contributed by atoms with Gasteiger partial charge in [-0.25, -0.2) is 0 Å². The lowest BCUT2D eigenvalue weighted by Gasteiger charge is -2.16. The number of rotatable bonds is 7. The topological polar surface area (TPSA) is 50.1 Å². The van der Waals surface area contributed by atoms with Crippen molar-refractivity contribution in [2.24, 2.45) is 10.8 Å². The average Bonchev–Trinajstić information content (AvgIpc) is 3.05. The number of hydrogen-bond acceptors (Lipinski definition) is 4. The monoisotopic (exact) mass is 255 g/mol. The number of methoxy groups -OCH3 is 1. The summed E-state index contributed by atoms with van der Waals surface area (Å²) in [6.45, 7) is 3.93. The van der Waals surface area contributed by atoms with Crippen LogP contribution in [0.15, 0.2) is 0 Å². The zero-order chi connectivity index (χ0) is 12.9. The van der Waals surface area contributed by atoms with Crippen LogP contribution in [-0.4, -0.2) is 24.6 Å². The Hall–Kier alpha value is -0.690. The molecule has 17 heavy (non-hydrogen) atoms. The van der Waals surface area contributed by atoms with Crippen molar-refractivity contribution in [2.45, 2.75) is 39.5 Å². The highest BCUT2D eigenvalue weighted by Crippen LogP contribution is 2.51. The van der Waals surface area contributed by atoms with E-state index in [0.29, 0.717) is 6.42 Å². The summed E-state index contributed by atoms with van der Waals surface area (Å²) in [6.07, 6.45) is 3.73. The highest BCUT2D eigenvalue weighted by atomic mass is 32.2. The van der Waals surface area contributed by atoms with E-state index >= 15 is 0 Å². The molecule has 1 saturated carbocycles. The summed E-state index contributed by atoms with van der Waals surface area (Å²) in [7, 11) is 1.45. The average molecular weight is 255 g/mol. The maximum atomic E-state index is 11.2. The number of carbonyl (C=O) groups is 1. The Morgan fingerprint density at radius 1 is 1.53 bits per heavy atom. The van der Waals surface area contributed by atoms with E-state index in [2.05, 4.69) is 6.07 Å². The van der Waals surface area contributed by atoms with Crippen molar-refractivity contribution in [3.63, 3.8) is 0 Å². The molecule has 3 nitrogen and oxygen atoms in total. The highest BCUT2D eigenvalue weighted by molar-refractivity contribution is 7.99. The lowest BCUT2D eigenvalue weighted by Crippen LogP contribution is -2.14. The molecule has 0 aromatic heterocycles. The number of esters is 1. The number of nitriles is 1. The first-order chi connectivity index (χ1) is 7.93.